The third-order valence-corrected chi connectivity index (χ3v) is 4.67. The maximum atomic E-state index is 10.2. The molecule has 1 saturated carbocycles. The van der Waals surface area contributed by atoms with Crippen molar-refractivity contribution in [2.45, 2.75) is 64.6 Å². The van der Waals surface area contributed by atoms with Gasteiger partial charge in [-0.15, -0.1) is 0 Å². The van der Waals surface area contributed by atoms with Crippen LogP contribution in [0.1, 0.15) is 56.6 Å². The average Bonchev–Trinajstić information content (AvgIpc) is 2.58. The van der Waals surface area contributed by atoms with E-state index >= 15 is 0 Å². The Kier molecular flexibility index (Phi) is 7.38. The van der Waals surface area contributed by atoms with Crippen molar-refractivity contribution < 1.29 is 9.53 Å². The highest BCUT2D eigenvalue weighted by Gasteiger charge is 2.21. The molecule has 0 atom stereocenters. The van der Waals surface area contributed by atoms with E-state index in [2.05, 4.69) is 31.2 Å². The van der Waals surface area contributed by atoms with Crippen molar-refractivity contribution in [1.82, 2.24) is 0 Å². The summed E-state index contributed by atoms with van der Waals surface area (Å²) < 4.78 is 6.07. The average molecular weight is 300 g/mol. The summed E-state index contributed by atoms with van der Waals surface area (Å²) in [7, 11) is 0. The van der Waals surface area contributed by atoms with Crippen molar-refractivity contribution in [1.29, 1.82) is 0 Å². The number of rotatable bonds is 8. The summed E-state index contributed by atoms with van der Waals surface area (Å²) in [4.78, 5) is 10.2. The summed E-state index contributed by atoms with van der Waals surface area (Å²) in [6, 6.07) is 8.76. The van der Waals surface area contributed by atoms with Crippen LogP contribution >= 0.6 is 0 Å². The Morgan fingerprint density at radius 2 is 1.77 bits per heavy atom. The van der Waals surface area contributed by atoms with E-state index in [0.717, 1.165) is 31.7 Å². The molecule has 1 fully saturated rings. The third kappa shape index (κ3) is 5.76. The monoisotopic (exact) mass is 300 g/mol. The molecule has 0 bridgehead atoms. The van der Waals surface area contributed by atoms with E-state index in [-0.39, 0.29) is 0 Å². The Morgan fingerprint density at radius 1 is 1.09 bits per heavy atom. The lowest BCUT2D eigenvalue weighted by Gasteiger charge is -2.28. The summed E-state index contributed by atoms with van der Waals surface area (Å²) in [5, 5.41) is 0. The Labute approximate surface area is 134 Å². The summed E-state index contributed by atoms with van der Waals surface area (Å²) in [5.74, 6) is 0.806. The van der Waals surface area contributed by atoms with Crippen LogP contribution in [0, 0.1) is 5.92 Å². The van der Waals surface area contributed by atoms with Crippen LogP contribution in [-0.2, 0) is 22.6 Å². The number of aldehydes is 1. The van der Waals surface area contributed by atoms with Gasteiger partial charge < -0.3 is 4.74 Å². The van der Waals surface area contributed by atoms with Gasteiger partial charge in [0.2, 0.25) is 0 Å². The third-order valence-electron chi connectivity index (χ3n) is 4.67. The van der Waals surface area contributed by atoms with Gasteiger partial charge in [-0.25, -0.2) is 0 Å². The fourth-order valence-electron chi connectivity index (χ4n) is 3.16. The minimum absolute atomic E-state index is 0.424. The molecule has 0 unspecified atom stereocenters. The summed E-state index contributed by atoms with van der Waals surface area (Å²) in [5.41, 5.74) is 2.66. The molecule has 0 radical (unpaired) electrons. The number of ether oxygens (including phenoxy) is 1. The maximum Gasteiger partial charge on any atom is 0.142 e. The van der Waals surface area contributed by atoms with Gasteiger partial charge in [0.15, 0.2) is 0 Å². The Balaban J connectivity index is 1.64. The van der Waals surface area contributed by atoms with E-state index < -0.39 is 0 Å². The first-order valence-corrected chi connectivity index (χ1v) is 8.61. The topological polar surface area (TPSA) is 26.3 Å². The first kappa shape index (κ1) is 17.0. The number of allylic oxidation sites excluding steroid dienone is 2. The van der Waals surface area contributed by atoms with Crippen LogP contribution in [0.2, 0.25) is 0 Å². The molecular weight excluding hydrogens is 272 g/mol. The second-order valence-corrected chi connectivity index (χ2v) is 6.27. The number of hydrogen-bond acceptors (Lipinski definition) is 2. The van der Waals surface area contributed by atoms with Crippen molar-refractivity contribution in [3.05, 3.63) is 47.5 Å². The summed E-state index contributed by atoms with van der Waals surface area (Å²) >= 11 is 0. The molecule has 0 aliphatic heterocycles. The van der Waals surface area contributed by atoms with E-state index in [1.54, 1.807) is 6.08 Å². The van der Waals surface area contributed by atoms with Gasteiger partial charge in [-0.3, -0.25) is 4.79 Å². The number of aryl methyl sites for hydroxylation is 1. The highest BCUT2D eigenvalue weighted by Crippen LogP contribution is 2.30. The first-order valence-electron chi connectivity index (χ1n) is 8.61. The Bertz CT molecular complexity index is 453. The molecule has 22 heavy (non-hydrogen) atoms. The standard InChI is InChI=1S/C20H28O2/c1-2-17-7-9-19(10-8-17)16-22-20-13-11-18(12-14-20)6-4-3-5-15-21/h3,5,7-10,15,18,20H,2,4,6,11-14,16H2,1H3. The highest BCUT2D eigenvalue weighted by atomic mass is 16.5. The predicted molar refractivity (Wildman–Crippen MR) is 90.8 cm³/mol. The predicted octanol–water partition coefficient (Wildman–Crippen LogP) is 4.86. The van der Waals surface area contributed by atoms with Crippen LogP contribution in [0.25, 0.3) is 0 Å². The number of carbonyl (C=O) groups is 1. The van der Waals surface area contributed by atoms with Crippen LogP contribution in [0.15, 0.2) is 36.4 Å². The van der Waals surface area contributed by atoms with Gasteiger partial charge in [0, 0.05) is 0 Å². The molecule has 2 nitrogen and oxygen atoms in total. The second kappa shape index (κ2) is 9.58. The summed E-state index contributed by atoms with van der Waals surface area (Å²) in [6.07, 6.45) is 13.1. The molecule has 0 spiro atoms. The Morgan fingerprint density at radius 3 is 2.41 bits per heavy atom. The number of hydrogen-bond donors (Lipinski definition) is 0. The molecule has 1 aliphatic rings. The van der Waals surface area contributed by atoms with Crippen molar-refractivity contribution in [3.63, 3.8) is 0 Å². The molecule has 0 N–H and O–H groups in total. The van der Waals surface area contributed by atoms with Gasteiger partial charge in [-0.05, 0) is 68.1 Å². The Hall–Kier alpha value is -1.41. The summed E-state index contributed by atoms with van der Waals surface area (Å²) in [6.45, 7) is 2.92. The van der Waals surface area contributed by atoms with E-state index in [1.165, 1.54) is 43.2 Å². The highest BCUT2D eigenvalue weighted by molar-refractivity contribution is 5.64. The van der Waals surface area contributed by atoms with Gasteiger partial charge >= 0.3 is 0 Å². The van der Waals surface area contributed by atoms with Gasteiger partial charge in [0.05, 0.1) is 12.7 Å². The minimum atomic E-state index is 0.424. The van der Waals surface area contributed by atoms with Crippen LogP contribution in [0.5, 0.6) is 0 Å². The zero-order valence-corrected chi connectivity index (χ0v) is 13.7. The molecule has 1 aromatic rings. The van der Waals surface area contributed by atoms with E-state index in [1.807, 2.05) is 6.08 Å². The molecule has 0 heterocycles. The zero-order chi connectivity index (χ0) is 15.6. The molecule has 0 aromatic heterocycles. The first-order chi connectivity index (χ1) is 10.8. The molecule has 2 heteroatoms. The molecule has 120 valence electrons. The van der Waals surface area contributed by atoms with Gasteiger partial charge in [-0.1, -0.05) is 37.3 Å². The molecule has 2 rings (SSSR count). The SMILES string of the molecule is CCc1ccc(COC2CCC(CCC=CC=O)CC2)cc1. The zero-order valence-electron chi connectivity index (χ0n) is 13.7. The minimum Gasteiger partial charge on any atom is -0.374 e. The fraction of sp³-hybridized carbons (Fsp3) is 0.550. The van der Waals surface area contributed by atoms with Crippen molar-refractivity contribution in [2.75, 3.05) is 0 Å². The van der Waals surface area contributed by atoms with Crippen LogP contribution < -0.4 is 0 Å². The molecule has 1 aliphatic carbocycles. The lowest BCUT2D eigenvalue weighted by molar-refractivity contribution is -0.104. The van der Waals surface area contributed by atoms with Gasteiger partial charge in [0.25, 0.3) is 0 Å². The van der Waals surface area contributed by atoms with Crippen molar-refractivity contribution in [3.8, 4) is 0 Å². The van der Waals surface area contributed by atoms with Crippen LogP contribution in [0.4, 0.5) is 0 Å². The van der Waals surface area contributed by atoms with Crippen LogP contribution in [-0.4, -0.2) is 12.4 Å². The van der Waals surface area contributed by atoms with Gasteiger partial charge in [-0.2, -0.15) is 0 Å². The normalized spacial score (nSPS) is 22.0. The van der Waals surface area contributed by atoms with Crippen LogP contribution in [0.3, 0.4) is 0 Å². The van der Waals surface area contributed by atoms with Crippen molar-refractivity contribution >= 4 is 6.29 Å². The molecule has 0 amide bonds. The second-order valence-electron chi connectivity index (χ2n) is 6.27. The quantitative estimate of drug-likeness (QED) is 0.506. The largest absolute Gasteiger partial charge is 0.374 e. The lowest BCUT2D eigenvalue weighted by Crippen LogP contribution is -2.21. The smallest absolute Gasteiger partial charge is 0.142 e. The number of carbonyl (C=O) groups excluding carboxylic acids is 1. The molecular formula is C20H28O2. The molecule has 1 aromatic carbocycles. The van der Waals surface area contributed by atoms with E-state index in [9.17, 15) is 4.79 Å². The van der Waals surface area contributed by atoms with E-state index in [4.69, 9.17) is 4.74 Å². The fourth-order valence-corrected chi connectivity index (χ4v) is 3.16. The van der Waals surface area contributed by atoms with Crippen molar-refractivity contribution in [2.24, 2.45) is 5.92 Å². The molecule has 0 saturated heterocycles. The van der Waals surface area contributed by atoms with E-state index in [0.29, 0.717) is 6.10 Å². The maximum absolute atomic E-state index is 10.2. The number of benzene rings is 1. The van der Waals surface area contributed by atoms with Gasteiger partial charge in [0.1, 0.15) is 6.29 Å². The lowest BCUT2D eigenvalue weighted by atomic mass is 9.84.